The number of hydrogen-bond acceptors (Lipinski definition) is 1. The number of halogens is 1. The van der Waals surface area contributed by atoms with Crippen LogP contribution in [0.5, 0.6) is 0 Å². The van der Waals surface area contributed by atoms with Crippen LogP contribution in [0.15, 0.2) is 48.5 Å². The summed E-state index contributed by atoms with van der Waals surface area (Å²) in [7, 11) is 0. The molecule has 2 aromatic carbocycles. The van der Waals surface area contributed by atoms with Gasteiger partial charge in [-0.05, 0) is 59.7 Å². The molecule has 18 heavy (non-hydrogen) atoms. The van der Waals surface area contributed by atoms with Crippen LogP contribution in [0.2, 0.25) is 0 Å². The minimum absolute atomic E-state index is 0.379. The molecular formula is C16H18IN. The Labute approximate surface area is 123 Å². The van der Waals surface area contributed by atoms with Crippen LogP contribution < -0.4 is 5.32 Å². The monoisotopic (exact) mass is 351 g/mol. The van der Waals surface area contributed by atoms with Crippen molar-refractivity contribution in [2.24, 2.45) is 0 Å². The van der Waals surface area contributed by atoms with Crippen molar-refractivity contribution in [2.45, 2.75) is 26.3 Å². The van der Waals surface area contributed by atoms with Crippen molar-refractivity contribution in [3.63, 3.8) is 0 Å². The summed E-state index contributed by atoms with van der Waals surface area (Å²) in [6, 6.07) is 17.7. The van der Waals surface area contributed by atoms with Crippen molar-refractivity contribution in [1.82, 2.24) is 0 Å². The summed E-state index contributed by atoms with van der Waals surface area (Å²) in [6.07, 6.45) is 1.08. The van der Waals surface area contributed by atoms with E-state index in [1.807, 2.05) is 0 Å². The highest BCUT2D eigenvalue weighted by atomic mass is 127. The quantitative estimate of drug-likeness (QED) is 0.750. The molecule has 0 aliphatic heterocycles. The van der Waals surface area contributed by atoms with E-state index in [0.29, 0.717) is 6.04 Å². The summed E-state index contributed by atoms with van der Waals surface area (Å²) in [5.41, 5.74) is 3.85. The highest BCUT2D eigenvalue weighted by Crippen LogP contribution is 2.23. The van der Waals surface area contributed by atoms with Gasteiger partial charge in [-0.3, -0.25) is 0 Å². The summed E-state index contributed by atoms with van der Waals surface area (Å²) in [6.45, 7) is 4.34. The Bertz CT molecular complexity index is 505. The molecular weight excluding hydrogens is 333 g/mol. The Morgan fingerprint density at radius 1 is 1.11 bits per heavy atom. The smallest absolute Gasteiger partial charge is 0.0511 e. The molecule has 0 radical (unpaired) electrons. The first kappa shape index (κ1) is 13.4. The van der Waals surface area contributed by atoms with E-state index in [4.69, 9.17) is 0 Å². The molecule has 0 aliphatic carbocycles. The van der Waals surface area contributed by atoms with Gasteiger partial charge in [0.1, 0.15) is 0 Å². The molecule has 1 unspecified atom stereocenters. The number of hydrogen-bond donors (Lipinski definition) is 1. The van der Waals surface area contributed by atoms with Crippen molar-refractivity contribution < 1.29 is 0 Å². The fraction of sp³-hybridized carbons (Fsp3) is 0.250. The Morgan fingerprint density at radius 2 is 1.83 bits per heavy atom. The zero-order valence-electron chi connectivity index (χ0n) is 10.8. The molecule has 94 valence electrons. The summed E-state index contributed by atoms with van der Waals surface area (Å²) in [4.78, 5) is 0. The lowest BCUT2D eigenvalue weighted by atomic mass is 10.0. The van der Waals surface area contributed by atoms with Crippen LogP contribution >= 0.6 is 22.6 Å². The van der Waals surface area contributed by atoms with E-state index in [1.54, 1.807) is 0 Å². The minimum atomic E-state index is 0.379. The molecule has 2 rings (SSSR count). The largest absolute Gasteiger partial charge is 0.378 e. The molecule has 0 aliphatic rings. The van der Waals surface area contributed by atoms with Gasteiger partial charge in [-0.15, -0.1) is 0 Å². The van der Waals surface area contributed by atoms with Crippen LogP contribution in [-0.2, 0) is 0 Å². The molecule has 0 aromatic heterocycles. The van der Waals surface area contributed by atoms with E-state index in [1.165, 1.54) is 20.4 Å². The standard InChI is InChI=1S/C16H18IN/c1-3-16(13-9-7-12(2)8-10-13)18-15-6-4-5-14(17)11-15/h4-11,16,18H,3H2,1-2H3. The molecule has 0 fully saturated rings. The van der Waals surface area contributed by atoms with Gasteiger partial charge in [0, 0.05) is 9.26 Å². The molecule has 1 atom stereocenters. The second-order valence-corrected chi connectivity index (χ2v) is 5.77. The molecule has 1 N–H and O–H groups in total. The van der Waals surface area contributed by atoms with Crippen molar-refractivity contribution in [2.75, 3.05) is 5.32 Å². The van der Waals surface area contributed by atoms with Gasteiger partial charge in [0.2, 0.25) is 0 Å². The van der Waals surface area contributed by atoms with Gasteiger partial charge >= 0.3 is 0 Å². The van der Waals surface area contributed by atoms with Crippen molar-refractivity contribution in [3.8, 4) is 0 Å². The van der Waals surface area contributed by atoms with E-state index in [0.717, 1.165) is 6.42 Å². The zero-order chi connectivity index (χ0) is 13.0. The van der Waals surface area contributed by atoms with Gasteiger partial charge in [0.15, 0.2) is 0 Å². The predicted octanol–water partition coefficient (Wildman–Crippen LogP) is 5.16. The van der Waals surface area contributed by atoms with E-state index in [2.05, 4.69) is 90.3 Å². The fourth-order valence-corrected chi connectivity index (χ4v) is 2.54. The van der Waals surface area contributed by atoms with Crippen LogP contribution in [0.4, 0.5) is 5.69 Å². The summed E-state index contributed by atoms with van der Waals surface area (Å²) < 4.78 is 1.26. The number of rotatable bonds is 4. The van der Waals surface area contributed by atoms with Crippen molar-refractivity contribution >= 4 is 28.3 Å². The lowest BCUT2D eigenvalue weighted by molar-refractivity contribution is 0.749. The molecule has 2 aromatic rings. The first-order valence-electron chi connectivity index (χ1n) is 6.27. The minimum Gasteiger partial charge on any atom is -0.378 e. The SMILES string of the molecule is CCC(Nc1cccc(I)c1)c1ccc(C)cc1. The summed E-state index contributed by atoms with van der Waals surface area (Å²) >= 11 is 2.34. The molecule has 0 spiro atoms. The van der Waals surface area contributed by atoms with E-state index >= 15 is 0 Å². The second kappa shape index (κ2) is 6.23. The zero-order valence-corrected chi connectivity index (χ0v) is 12.9. The maximum absolute atomic E-state index is 3.60. The molecule has 0 amide bonds. The normalized spacial score (nSPS) is 12.2. The first-order chi connectivity index (χ1) is 8.69. The predicted molar refractivity (Wildman–Crippen MR) is 87.0 cm³/mol. The van der Waals surface area contributed by atoms with Gasteiger partial charge in [-0.1, -0.05) is 42.8 Å². The Balaban J connectivity index is 2.17. The van der Waals surface area contributed by atoms with Crippen molar-refractivity contribution in [3.05, 3.63) is 63.2 Å². The third-order valence-electron chi connectivity index (χ3n) is 3.05. The summed E-state index contributed by atoms with van der Waals surface area (Å²) in [5.74, 6) is 0. The molecule has 0 saturated heterocycles. The van der Waals surface area contributed by atoms with E-state index in [9.17, 15) is 0 Å². The Morgan fingerprint density at radius 3 is 2.44 bits per heavy atom. The highest BCUT2D eigenvalue weighted by Gasteiger charge is 2.08. The molecule has 2 heteroatoms. The molecule has 0 saturated carbocycles. The van der Waals surface area contributed by atoms with Crippen LogP contribution in [0, 0.1) is 10.5 Å². The third-order valence-corrected chi connectivity index (χ3v) is 3.72. The third kappa shape index (κ3) is 3.48. The van der Waals surface area contributed by atoms with Gasteiger partial charge in [0.25, 0.3) is 0 Å². The van der Waals surface area contributed by atoms with E-state index in [-0.39, 0.29) is 0 Å². The average Bonchev–Trinajstić information content (AvgIpc) is 2.37. The number of benzene rings is 2. The van der Waals surface area contributed by atoms with Gasteiger partial charge in [-0.2, -0.15) is 0 Å². The molecule has 1 nitrogen and oxygen atoms in total. The highest BCUT2D eigenvalue weighted by molar-refractivity contribution is 14.1. The maximum Gasteiger partial charge on any atom is 0.0511 e. The number of anilines is 1. The molecule has 0 heterocycles. The Kier molecular flexibility index (Phi) is 4.64. The molecule has 0 bridgehead atoms. The average molecular weight is 351 g/mol. The van der Waals surface area contributed by atoms with Gasteiger partial charge in [0.05, 0.1) is 6.04 Å². The fourth-order valence-electron chi connectivity index (χ4n) is 2.00. The van der Waals surface area contributed by atoms with Crippen molar-refractivity contribution in [1.29, 1.82) is 0 Å². The lowest BCUT2D eigenvalue weighted by Crippen LogP contribution is -2.09. The van der Waals surface area contributed by atoms with Crippen LogP contribution in [0.1, 0.15) is 30.5 Å². The van der Waals surface area contributed by atoms with Crippen LogP contribution in [0.3, 0.4) is 0 Å². The Hall–Kier alpha value is -1.03. The second-order valence-electron chi connectivity index (χ2n) is 4.53. The van der Waals surface area contributed by atoms with Gasteiger partial charge in [-0.25, -0.2) is 0 Å². The number of nitrogens with one attached hydrogen (secondary N) is 1. The topological polar surface area (TPSA) is 12.0 Å². The summed E-state index contributed by atoms with van der Waals surface area (Å²) in [5, 5.41) is 3.60. The lowest BCUT2D eigenvalue weighted by Gasteiger charge is -2.19. The van der Waals surface area contributed by atoms with Crippen LogP contribution in [0.25, 0.3) is 0 Å². The van der Waals surface area contributed by atoms with E-state index < -0.39 is 0 Å². The first-order valence-corrected chi connectivity index (χ1v) is 7.35. The maximum atomic E-state index is 3.60. The van der Waals surface area contributed by atoms with Gasteiger partial charge < -0.3 is 5.32 Å². The number of aryl methyl sites for hydroxylation is 1. The van der Waals surface area contributed by atoms with Crippen LogP contribution in [-0.4, -0.2) is 0 Å².